The summed E-state index contributed by atoms with van der Waals surface area (Å²) >= 11 is 0. The molecule has 0 N–H and O–H groups in total. The fourth-order valence-electron chi connectivity index (χ4n) is 8.34. The Labute approximate surface area is 363 Å². The summed E-state index contributed by atoms with van der Waals surface area (Å²) in [4.78, 5) is 27.0. The van der Waals surface area contributed by atoms with Crippen LogP contribution >= 0.6 is 0 Å². The van der Waals surface area contributed by atoms with Gasteiger partial charge in [-0.15, -0.1) is 0 Å². The number of unbranched alkanes of at least 4 members (excludes halogenated alkanes) is 19. The van der Waals surface area contributed by atoms with Crippen LogP contribution in [0, 0.1) is 17.8 Å². The summed E-state index contributed by atoms with van der Waals surface area (Å²) in [7, 11) is 4.35. The van der Waals surface area contributed by atoms with Crippen LogP contribution in [0.15, 0.2) is 24.3 Å². The average Bonchev–Trinajstić information content (AvgIpc) is 3.20. The van der Waals surface area contributed by atoms with Crippen LogP contribution in [0.1, 0.15) is 252 Å². The predicted molar refractivity (Wildman–Crippen MR) is 254 cm³/mol. The Hall–Kier alpha value is -1.62. The van der Waals surface area contributed by atoms with Crippen LogP contribution in [0.2, 0.25) is 0 Å². The largest absolute Gasteiger partial charge is 0.461 e. The van der Waals surface area contributed by atoms with E-state index in [9.17, 15) is 9.59 Å². The second-order valence-corrected chi connectivity index (χ2v) is 18.2. The third-order valence-corrected chi connectivity index (χ3v) is 12.2. The SMILES string of the molecule is CCCCCC(/C=C\COC(=O)CCCCCCCC(CCCCCCCC(=O)OC/C=C\C(CCCCC)CCCCC)CCCCCCN(C)C)CCCCC. The Morgan fingerprint density at radius 2 is 0.724 bits per heavy atom. The first-order valence-corrected chi connectivity index (χ1v) is 25.6. The molecule has 5 heteroatoms. The van der Waals surface area contributed by atoms with Crippen molar-refractivity contribution < 1.29 is 19.1 Å². The van der Waals surface area contributed by atoms with Crippen molar-refractivity contribution in [2.24, 2.45) is 17.8 Å². The molecule has 342 valence electrons. The molecule has 0 bridgehead atoms. The topological polar surface area (TPSA) is 55.8 Å². The number of carbonyl (C=O) groups is 2. The zero-order chi connectivity index (χ0) is 42.6. The lowest BCUT2D eigenvalue weighted by Gasteiger charge is -2.17. The van der Waals surface area contributed by atoms with Crippen molar-refractivity contribution in [3.05, 3.63) is 24.3 Å². The predicted octanol–water partition coefficient (Wildman–Crippen LogP) is 16.3. The second kappa shape index (κ2) is 44.9. The molecule has 0 atom stereocenters. The number of esters is 2. The number of hydrogen-bond donors (Lipinski definition) is 0. The normalized spacial score (nSPS) is 12.1. The van der Waals surface area contributed by atoms with Gasteiger partial charge in [0.15, 0.2) is 0 Å². The molecule has 5 nitrogen and oxygen atoms in total. The van der Waals surface area contributed by atoms with Crippen LogP contribution in [-0.4, -0.2) is 50.7 Å². The van der Waals surface area contributed by atoms with Gasteiger partial charge in [-0.05, 0) is 83.3 Å². The Kier molecular flexibility index (Phi) is 43.7. The Bertz CT molecular complexity index is 845. The molecule has 0 aliphatic carbocycles. The van der Waals surface area contributed by atoms with Gasteiger partial charge in [0.1, 0.15) is 13.2 Å². The highest BCUT2D eigenvalue weighted by Crippen LogP contribution is 2.25. The van der Waals surface area contributed by atoms with Crippen molar-refractivity contribution in [3.63, 3.8) is 0 Å². The molecule has 0 heterocycles. The first kappa shape index (κ1) is 56.4. The van der Waals surface area contributed by atoms with Gasteiger partial charge in [-0.2, -0.15) is 0 Å². The van der Waals surface area contributed by atoms with E-state index in [2.05, 4.69) is 71.0 Å². The van der Waals surface area contributed by atoms with Crippen LogP contribution in [0.3, 0.4) is 0 Å². The molecule has 0 amide bonds. The zero-order valence-corrected chi connectivity index (χ0v) is 40.0. The molecule has 0 aliphatic rings. The lowest BCUT2D eigenvalue weighted by atomic mass is 9.89. The second-order valence-electron chi connectivity index (χ2n) is 18.2. The maximum absolute atomic E-state index is 12.3. The minimum atomic E-state index is -0.0361. The number of hydrogen-bond acceptors (Lipinski definition) is 5. The highest BCUT2D eigenvalue weighted by molar-refractivity contribution is 5.69. The van der Waals surface area contributed by atoms with Gasteiger partial charge >= 0.3 is 11.9 Å². The molecular weight excluding hydrogens is 715 g/mol. The fraction of sp³-hybridized carbons (Fsp3) is 0.887. The van der Waals surface area contributed by atoms with Crippen LogP contribution in [0.4, 0.5) is 0 Å². The summed E-state index contributed by atoms with van der Waals surface area (Å²) < 4.78 is 11.1. The smallest absolute Gasteiger partial charge is 0.306 e. The molecule has 0 saturated heterocycles. The van der Waals surface area contributed by atoms with Gasteiger partial charge in [0.05, 0.1) is 0 Å². The first-order valence-electron chi connectivity index (χ1n) is 25.6. The molecular formula is C53H101NO4. The van der Waals surface area contributed by atoms with Gasteiger partial charge in [-0.1, -0.05) is 219 Å². The highest BCUT2D eigenvalue weighted by atomic mass is 16.5. The van der Waals surface area contributed by atoms with E-state index in [0.29, 0.717) is 37.9 Å². The number of allylic oxidation sites excluding steroid dienone is 2. The van der Waals surface area contributed by atoms with Crippen molar-refractivity contribution in [1.29, 1.82) is 0 Å². The van der Waals surface area contributed by atoms with Crippen molar-refractivity contribution in [3.8, 4) is 0 Å². The summed E-state index contributed by atoms with van der Waals surface area (Å²) in [6, 6.07) is 0. The van der Waals surface area contributed by atoms with Gasteiger partial charge in [-0.3, -0.25) is 9.59 Å². The number of ether oxygens (including phenoxy) is 2. The van der Waals surface area contributed by atoms with Gasteiger partial charge < -0.3 is 14.4 Å². The lowest BCUT2D eigenvalue weighted by molar-refractivity contribution is -0.143. The standard InChI is InChI=1S/C53H101NO4/c1-7-11-23-35-50(36-24-12-8-2)42-33-47-57-52(55)44-30-19-15-17-27-39-49(41-29-21-22-32-46-54(5)6)40-28-18-16-20-31-45-53(56)58-48-34-43-51(37-25-13-9-3)38-26-14-10-4/h33-34,42-43,49-51H,7-32,35-41,44-48H2,1-6H3/b42-33-,43-34-. The Balaban J connectivity index is 4.33. The van der Waals surface area contributed by atoms with Crippen molar-refractivity contribution >= 4 is 11.9 Å². The molecule has 58 heavy (non-hydrogen) atoms. The van der Waals surface area contributed by atoms with Crippen LogP contribution in [-0.2, 0) is 19.1 Å². The minimum absolute atomic E-state index is 0.0361. The van der Waals surface area contributed by atoms with Crippen LogP contribution in [0.25, 0.3) is 0 Å². The number of rotatable bonds is 45. The van der Waals surface area contributed by atoms with Gasteiger partial charge in [0.25, 0.3) is 0 Å². The maximum atomic E-state index is 12.3. The van der Waals surface area contributed by atoms with E-state index in [-0.39, 0.29) is 11.9 Å². The van der Waals surface area contributed by atoms with Crippen molar-refractivity contribution in [1.82, 2.24) is 4.90 Å². The molecule has 0 aromatic carbocycles. The minimum Gasteiger partial charge on any atom is -0.461 e. The number of nitrogens with zero attached hydrogens (tertiary/aromatic N) is 1. The lowest BCUT2D eigenvalue weighted by Crippen LogP contribution is -2.12. The van der Waals surface area contributed by atoms with Crippen LogP contribution < -0.4 is 0 Å². The van der Waals surface area contributed by atoms with E-state index < -0.39 is 0 Å². The number of carbonyl (C=O) groups excluding carboxylic acids is 2. The molecule has 0 aliphatic heterocycles. The van der Waals surface area contributed by atoms with Crippen LogP contribution in [0.5, 0.6) is 0 Å². The molecule has 0 spiro atoms. The molecule has 0 rings (SSSR count). The summed E-state index contributed by atoms with van der Waals surface area (Å²) in [5.74, 6) is 2.04. The molecule has 0 unspecified atom stereocenters. The van der Waals surface area contributed by atoms with E-state index in [1.165, 1.54) is 193 Å². The van der Waals surface area contributed by atoms with Gasteiger partial charge in [-0.25, -0.2) is 0 Å². The summed E-state index contributed by atoms with van der Waals surface area (Å²) in [6.45, 7) is 11.1. The fourth-order valence-corrected chi connectivity index (χ4v) is 8.34. The van der Waals surface area contributed by atoms with Gasteiger partial charge in [0, 0.05) is 12.8 Å². The van der Waals surface area contributed by atoms with Crippen molar-refractivity contribution in [2.45, 2.75) is 252 Å². The Morgan fingerprint density at radius 3 is 1.07 bits per heavy atom. The van der Waals surface area contributed by atoms with E-state index in [4.69, 9.17) is 9.47 Å². The highest BCUT2D eigenvalue weighted by Gasteiger charge is 2.11. The average molecular weight is 816 g/mol. The third-order valence-electron chi connectivity index (χ3n) is 12.2. The van der Waals surface area contributed by atoms with Crippen molar-refractivity contribution in [2.75, 3.05) is 33.9 Å². The van der Waals surface area contributed by atoms with Gasteiger partial charge in [0.2, 0.25) is 0 Å². The molecule has 0 fully saturated rings. The molecule has 0 aromatic heterocycles. The summed E-state index contributed by atoms with van der Waals surface area (Å²) in [5, 5.41) is 0. The molecule has 0 saturated carbocycles. The Morgan fingerprint density at radius 1 is 0.414 bits per heavy atom. The van der Waals surface area contributed by atoms with E-state index in [1.54, 1.807) is 0 Å². The summed E-state index contributed by atoms with van der Waals surface area (Å²) in [5.41, 5.74) is 0. The molecule has 0 aromatic rings. The maximum Gasteiger partial charge on any atom is 0.306 e. The monoisotopic (exact) mass is 816 g/mol. The third kappa shape index (κ3) is 41.1. The van der Waals surface area contributed by atoms with E-state index in [1.807, 2.05) is 0 Å². The zero-order valence-electron chi connectivity index (χ0n) is 40.0. The molecule has 0 radical (unpaired) electrons. The van der Waals surface area contributed by atoms with E-state index >= 15 is 0 Å². The summed E-state index contributed by atoms with van der Waals surface area (Å²) in [6.07, 6.45) is 51.7. The van der Waals surface area contributed by atoms with E-state index in [0.717, 1.165) is 31.6 Å². The quantitative estimate of drug-likeness (QED) is 0.0348. The first-order chi connectivity index (χ1) is 28.4.